The molecule has 0 heterocycles. The van der Waals surface area contributed by atoms with Gasteiger partial charge in [0.25, 0.3) is 0 Å². The van der Waals surface area contributed by atoms with Crippen molar-refractivity contribution in [1.29, 1.82) is 0 Å². The Bertz CT molecular complexity index is 685. The molecule has 2 atom stereocenters. The van der Waals surface area contributed by atoms with E-state index in [2.05, 4.69) is 36.9 Å². The van der Waals surface area contributed by atoms with Crippen molar-refractivity contribution >= 4 is 11.9 Å². The molecule has 4 nitrogen and oxygen atoms in total. The van der Waals surface area contributed by atoms with Crippen LogP contribution in [0.5, 0.6) is 0 Å². The fraction of sp³-hybridized carbons (Fsp3) is 0.263. The summed E-state index contributed by atoms with van der Waals surface area (Å²) in [5.41, 5.74) is 1.86. The maximum Gasteiger partial charge on any atom is 0.331 e. The molecule has 0 bridgehead atoms. The summed E-state index contributed by atoms with van der Waals surface area (Å²) < 4.78 is 0. The van der Waals surface area contributed by atoms with E-state index in [1.54, 1.807) is 0 Å². The number of carboxylic acid groups (broad SMARTS) is 2. The lowest BCUT2D eigenvalue weighted by atomic mass is 9.80. The zero-order valence-corrected chi connectivity index (χ0v) is 13.0. The van der Waals surface area contributed by atoms with Crippen LogP contribution in [-0.4, -0.2) is 22.2 Å². The summed E-state index contributed by atoms with van der Waals surface area (Å²) in [5, 5.41) is 17.5. The van der Waals surface area contributed by atoms with E-state index in [0.717, 1.165) is 0 Å². The summed E-state index contributed by atoms with van der Waals surface area (Å²) >= 11 is 0. The lowest BCUT2D eigenvalue weighted by Gasteiger charge is -2.23. The third kappa shape index (κ3) is 4.19. The fourth-order valence-corrected chi connectivity index (χ4v) is 2.43. The second-order valence-electron chi connectivity index (χ2n) is 6.08. The number of carbonyl (C=O) groups is 2. The summed E-state index contributed by atoms with van der Waals surface area (Å²) in [6.07, 6.45) is 5.63. The second kappa shape index (κ2) is 6.65. The van der Waals surface area contributed by atoms with Crippen LogP contribution in [0, 0.1) is 5.41 Å². The molecule has 1 fully saturated rings. The Morgan fingerprint density at radius 3 is 2.30 bits per heavy atom. The van der Waals surface area contributed by atoms with Crippen LogP contribution in [0.4, 0.5) is 0 Å². The van der Waals surface area contributed by atoms with Gasteiger partial charge in [0.2, 0.25) is 0 Å². The van der Waals surface area contributed by atoms with Crippen molar-refractivity contribution in [1.82, 2.24) is 0 Å². The number of rotatable bonds is 3. The molecule has 0 spiro atoms. The smallest absolute Gasteiger partial charge is 0.331 e. The normalized spacial score (nSPS) is 25.0. The molecular weight excluding hydrogens is 292 g/mol. The standard InChI is InChI=1S/C10H10.C9H10O4/c1-8-7-10(8)9-5-3-2-4-6-9;1-9(8(12)13)4-2-3-6(5-9)7(10)11/h2-6,10H,1,7H2;2-4H,5H2,1H3,(H,10,11)(H,12,13). The van der Waals surface area contributed by atoms with Crippen LogP contribution < -0.4 is 0 Å². The van der Waals surface area contributed by atoms with E-state index in [-0.39, 0.29) is 12.0 Å². The monoisotopic (exact) mass is 312 g/mol. The Morgan fingerprint density at radius 2 is 1.83 bits per heavy atom. The lowest BCUT2D eigenvalue weighted by Crippen LogP contribution is -2.28. The van der Waals surface area contributed by atoms with Crippen LogP contribution in [0.2, 0.25) is 0 Å². The van der Waals surface area contributed by atoms with Crippen molar-refractivity contribution in [2.45, 2.75) is 25.7 Å². The molecule has 0 radical (unpaired) electrons. The van der Waals surface area contributed by atoms with Gasteiger partial charge in [-0.05, 0) is 25.3 Å². The molecule has 4 heteroatoms. The molecule has 2 unspecified atom stereocenters. The van der Waals surface area contributed by atoms with E-state index in [1.807, 2.05) is 0 Å². The van der Waals surface area contributed by atoms with Crippen LogP contribution in [0.3, 0.4) is 0 Å². The maximum atomic E-state index is 10.8. The van der Waals surface area contributed by atoms with E-state index < -0.39 is 17.4 Å². The molecule has 1 aromatic carbocycles. The number of aliphatic carboxylic acids is 2. The van der Waals surface area contributed by atoms with Gasteiger partial charge in [0, 0.05) is 11.5 Å². The van der Waals surface area contributed by atoms with Crippen LogP contribution in [-0.2, 0) is 9.59 Å². The van der Waals surface area contributed by atoms with Crippen LogP contribution in [0.15, 0.2) is 66.3 Å². The first-order chi connectivity index (χ1) is 10.8. The summed E-state index contributed by atoms with van der Waals surface area (Å²) in [4.78, 5) is 21.3. The van der Waals surface area contributed by atoms with Crippen LogP contribution in [0.1, 0.15) is 31.2 Å². The van der Waals surface area contributed by atoms with Gasteiger partial charge >= 0.3 is 11.9 Å². The number of allylic oxidation sites excluding steroid dienone is 3. The molecule has 2 N–H and O–H groups in total. The maximum absolute atomic E-state index is 10.8. The van der Waals surface area contributed by atoms with Gasteiger partial charge in [-0.15, -0.1) is 0 Å². The SMILES string of the molecule is C=C1CC1c1ccccc1.CC1(C(=O)O)C=CC=C(C(=O)O)C1. The second-order valence-corrected chi connectivity index (χ2v) is 6.08. The largest absolute Gasteiger partial charge is 0.481 e. The Kier molecular flexibility index (Phi) is 4.84. The molecule has 2 aliphatic rings. The summed E-state index contributed by atoms with van der Waals surface area (Å²) in [7, 11) is 0. The zero-order valence-electron chi connectivity index (χ0n) is 13.0. The van der Waals surface area contributed by atoms with Crippen molar-refractivity contribution in [3.05, 3.63) is 71.8 Å². The van der Waals surface area contributed by atoms with Crippen molar-refractivity contribution in [3.63, 3.8) is 0 Å². The van der Waals surface area contributed by atoms with Crippen LogP contribution in [0.25, 0.3) is 0 Å². The van der Waals surface area contributed by atoms with E-state index in [1.165, 1.54) is 42.7 Å². The molecule has 3 rings (SSSR count). The van der Waals surface area contributed by atoms with E-state index >= 15 is 0 Å². The Balaban J connectivity index is 0.000000172. The Labute approximate surface area is 135 Å². The van der Waals surface area contributed by atoms with Gasteiger partial charge in [0.15, 0.2) is 0 Å². The van der Waals surface area contributed by atoms with Gasteiger partial charge in [-0.3, -0.25) is 4.79 Å². The molecule has 2 aliphatic carbocycles. The summed E-state index contributed by atoms with van der Waals surface area (Å²) in [5.74, 6) is -1.38. The van der Waals surface area contributed by atoms with Crippen molar-refractivity contribution in [2.75, 3.05) is 0 Å². The van der Waals surface area contributed by atoms with E-state index in [9.17, 15) is 9.59 Å². The zero-order chi connectivity index (χ0) is 17.0. The van der Waals surface area contributed by atoms with Crippen LogP contribution >= 0.6 is 0 Å². The molecule has 0 saturated heterocycles. The predicted molar refractivity (Wildman–Crippen MR) is 88.2 cm³/mol. The minimum Gasteiger partial charge on any atom is -0.481 e. The molecule has 0 aromatic heterocycles. The quantitative estimate of drug-likeness (QED) is 0.833. The van der Waals surface area contributed by atoms with Crippen molar-refractivity contribution in [3.8, 4) is 0 Å². The molecule has 0 aliphatic heterocycles. The molecule has 0 amide bonds. The average molecular weight is 312 g/mol. The molecule has 1 aromatic rings. The molecular formula is C19H20O4. The highest BCUT2D eigenvalue weighted by Crippen LogP contribution is 2.45. The number of hydrogen-bond acceptors (Lipinski definition) is 2. The third-order valence-electron chi connectivity index (χ3n) is 4.08. The topological polar surface area (TPSA) is 74.6 Å². The Morgan fingerprint density at radius 1 is 1.22 bits per heavy atom. The summed E-state index contributed by atoms with van der Waals surface area (Å²) in [6, 6.07) is 10.6. The number of carboxylic acids is 2. The highest BCUT2D eigenvalue weighted by molar-refractivity contribution is 5.90. The predicted octanol–water partition coefficient (Wildman–Crippen LogP) is 3.78. The van der Waals surface area contributed by atoms with Gasteiger partial charge < -0.3 is 10.2 Å². The van der Waals surface area contributed by atoms with Gasteiger partial charge in [-0.2, -0.15) is 0 Å². The fourth-order valence-electron chi connectivity index (χ4n) is 2.43. The number of hydrogen-bond donors (Lipinski definition) is 2. The first kappa shape index (κ1) is 16.7. The molecule has 1 saturated carbocycles. The molecule has 120 valence electrons. The van der Waals surface area contributed by atoms with Crippen molar-refractivity contribution in [2.24, 2.45) is 5.41 Å². The molecule has 23 heavy (non-hydrogen) atoms. The lowest BCUT2D eigenvalue weighted by molar-refractivity contribution is -0.145. The minimum atomic E-state index is -1.08. The average Bonchev–Trinajstić information content (AvgIpc) is 3.26. The third-order valence-corrected chi connectivity index (χ3v) is 4.08. The number of benzene rings is 1. The summed E-state index contributed by atoms with van der Waals surface area (Å²) in [6.45, 7) is 5.43. The highest BCUT2D eigenvalue weighted by Gasteiger charge is 2.34. The van der Waals surface area contributed by atoms with E-state index in [0.29, 0.717) is 5.92 Å². The first-order valence-corrected chi connectivity index (χ1v) is 7.41. The first-order valence-electron chi connectivity index (χ1n) is 7.41. The highest BCUT2D eigenvalue weighted by atomic mass is 16.4. The van der Waals surface area contributed by atoms with Gasteiger partial charge in [-0.25, -0.2) is 4.79 Å². The van der Waals surface area contributed by atoms with E-state index in [4.69, 9.17) is 10.2 Å². The van der Waals surface area contributed by atoms with Gasteiger partial charge in [0.1, 0.15) is 0 Å². The Hall–Kier alpha value is -2.62. The van der Waals surface area contributed by atoms with Gasteiger partial charge in [0.05, 0.1) is 5.41 Å². The van der Waals surface area contributed by atoms with Gasteiger partial charge in [-0.1, -0.05) is 60.7 Å². The minimum absolute atomic E-state index is 0.0359. The van der Waals surface area contributed by atoms with Crippen molar-refractivity contribution < 1.29 is 19.8 Å².